The van der Waals surface area contributed by atoms with Crippen LogP contribution in [0.4, 0.5) is 11.5 Å². The zero-order chi connectivity index (χ0) is 17.1. The number of hydrogen-bond donors (Lipinski definition) is 2. The van der Waals surface area contributed by atoms with E-state index < -0.39 is 0 Å². The third kappa shape index (κ3) is 3.97. The van der Waals surface area contributed by atoms with E-state index in [-0.39, 0.29) is 11.9 Å². The van der Waals surface area contributed by atoms with Crippen LogP contribution in [0.2, 0.25) is 10.0 Å². The molecule has 1 saturated carbocycles. The maximum Gasteiger partial charge on any atom is 0.270 e. The van der Waals surface area contributed by atoms with E-state index in [0.29, 0.717) is 33.1 Å². The van der Waals surface area contributed by atoms with Crippen LogP contribution in [0.3, 0.4) is 0 Å². The van der Waals surface area contributed by atoms with Gasteiger partial charge in [-0.15, -0.1) is 0 Å². The van der Waals surface area contributed by atoms with Gasteiger partial charge in [0.1, 0.15) is 17.3 Å². The fraction of sp³-hybridized carbons (Fsp3) is 0.353. The predicted molar refractivity (Wildman–Crippen MR) is 96.2 cm³/mol. The fourth-order valence-corrected chi connectivity index (χ4v) is 3.31. The minimum atomic E-state index is -0.180. The molecule has 126 valence electrons. The summed E-state index contributed by atoms with van der Waals surface area (Å²) >= 11 is 12.3. The molecule has 3 rings (SSSR count). The highest BCUT2D eigenvalue weighted by atomic mass is 35.5. The molecule has 2 N–H and O–H groups in total. The standard InChI is InChI=1S/C17H18Cl2N4O/c1-10-20-14(17(24)22-11-5-2-3-6-11)9-15(21-10)23-16-12(18)7-4-8-13(16)19/h4,7-9,11H,2-3,5-6H2,1H3,(H,22,24)(H,20,21,23). The Balaban J connectivity index is 1.82. The van der Waals surface area contributed by atoms with E-state index in [1.165, 1.54) is 0 Å². The SMILES string of the molecule is Cc1nc(Nc2c(Cl)cccc2Cl)cc(C(=O)NC2CCCC2)n1. The van der Waals surface area contributed by atoms with Gasteiger partial charge in [0.2, 0.25) is 0 Å². The van der Waals surface area contributed by atoms with Gasteiger partial charge < -0.3 is 10.6 Å². The minimum Gasteiger partial charge on any atom is -0.348 e. The molecule has 1 aromatic carbocycles. The summed E-state index contributed by atoms with van der Waals surface area (Å²) in [5, 5.41) is 7.07. The van der Waals surface area contributed by atoms with Crippen molar-refractivity contribution >= 4 is 40.6 Å². The average Bonchev–Trinajstić information content (AvgIpc) is 3.03. The van der Waals surface area contributed by atoms with Crippen molar-refractivity contribution in [3.8, 4) is 0 Å². The molecular weight excluding hydrogens is 347 g/mol. The molecule has 1 aromatic heterocycles. The highest BCUT2D eigenvalue weighted by Gasteiger charge is 2.19. The first kappa shape index (κ1) is 17.0. The molecule has 1 fully saturated rings. The second-order valence-corrected chi connectivity index (χ2v) is 6.68. The van der Waals surface area contributed by atoms with Crippen molar-refractivity contribution in [2.24, 2.45) is 0 Å². The lowest BCUT2D eigenvalue weighted by Gasteiger charge is -2.13. The lowest BCUT2D eigenvalue weighted by atomic mass is 10.2. The summed E-state index contributed by atoms with van der Waals surface area (Å²) in [6, 6.07) is 7.08. The van der Waals surface area contributed by atoms with Crippen molar-refractivity contribution < 1.29 is 4.79 Å². The predicted octanol–water partition coefficient (Wildman–Crippen LogP) is 4.51. The molecule has 5 nitrogen and oxygen atoms in total. The number of halogens is 2. The number of rotatable bonds is 4. The zero-order valence-electron chi connectivity index (χ0n) is 13.3. The van der Waals surface area contributed by atoms with Crippen LogP contribution in [0.25, 0.3) is 0 Å². The van der Waals surface area contributed by atoms with Crippen LogP contribution in [0, 0.1) is 6.92 Å². The molecule has 1 amide bonds. The number of aromatic nitrogens is 2. The summed E-state index contributed by atoms with van der Waals surface area (Å²) < 4.78 is 0. The summed E-state index contributed by atoms with van der Waals surface area (Å²) in [5.41, 5.74) is 0.890. The Hall–Kier alpha value is -1.85. The smallest absolute Gasteiger partial charge is 0.270 e. The van der Waals surface area contributed by atoms with Gasteiger partial charge in [0.15, 0.2) is 0 Å². The first-order chi connectivity index (χ1) is 11.5. The Bertz CT molecular complexity index is 740. The van der Waals surface area contributed by atoms with E-state index in [2.05, 4.69) is 20.6 Å². The summed E-state index contributed by atoms with van der Waals surface area (Å²) in [5.74, 6) is 0.800. The maximum absolute atomic E-state index is 12.4. The summed E-state index contributed by atoms with van der Waals surface area (Å²) in [6.45, 7) is 1.74. The Morgan fingerprint density at radius 2 is 1.83 bits per heavy atom. The molecular formula is C17H18Cl2N4O. The minimum absolute atomic E-state index is 0.180. The lowest BCUT2D eigenvalue weighted by Crippen LogP contribution is -2.33. The van der Waals surface area contributed by atoms with Crippen LogP contribution < -0.4 is 10.6 Å². The Labute approximate surface area is 150 Å². The topological polar surface area (TPSA) is 66.9 Å². The van der Waals surface area contributed by atoms with E-state index in [9.17, 15) is 4.79 Å². The quantitative estimate of drug-likeness (QED) is 0.837. The average molecular weight is 365 g/mol. The van der Waals surface area contributed by atoms with Crippen LogP contribution in [0.1, 0.15) is 42.0 Å². The maximum atomic E-state index is 12.4. The largest absolute Gasteiger partial charge is 0.348 e. The number of anilines is 2. The van der Waals surface area contributed by atoms with Crippen molar-refractivity contribution in [1.29, 1.82) is 0 Å². The molecule has 0 bridgehead atoms. The molecule has 0 atom stereocenters. The van der Waals surface area contributed by atoms with Gasteiger partial charge in [0, 0.05) is 12.1 Å². The van der Waals surface area contributed by atoms with Crippen LogP contribution in [-0.4, -0.2) is 21.9 Å². The molecule has 0 unspecified atom stereocenters. The molecule has 1 aliphatic rings. The van der Waals surface area contributed by atoms with Gasteiger partial charge in [0.05, 0.1) is 15.7 Å². The molecule has 1 heterocycles. The van der Waals surface area contributed by atoms with Gasteiger partial charge in [0.25, 0.3) is 5.91 Å². The Morgan fingerprint density at radius 3 is 2.50 bits per heavy atom. The number of carbonyl (C=O) groups excluding carboxylic acids is 1. The van der Waals surface area contributed by atoms with Gasteiger partial charge in [-0.25, -0.2) is 9.97 Å². The van der Waals surface area contributed by atoms with Gasteiger partial charge in [-0.3, -0.25) is 4.79 Å². The molecule has 1 aliphatic carbocycles. The third-order valence-corrected chi connectivity index (χ3v) is 4.61. The van der Waals surface area contributed by atoms with E-state index in [0.717, 1.165) is 25.7 Å². The first-order valence-corrected chi connectivity index (χ1v) is 8.66. The van der Waals surface area contributed by atoms with Crippen LogP contribution in [-0.2, 0) is 0 Å². The molecule has 7 heteroatoms. The van der Waals surface area contributed by atoms with E-state index >= 15 is 0 Å². The number of carbonyl (C=O) groups is 1. The van der Waals surface area contributed by atoms with Crippen LogP contribution in [0.5, 0.6) is 0 Å². The van der Waals surface area contributed by atoms with Crippen molar-refractivity contribution in [2.75, 3.05) is 5.32 Å². The van der Waals surface area contributed by atoms with Gasteiger partial charge >= 0.3 is 0 Å². The Morgan fingerprint density at radius 1 is 1.17 bits per heavy atom. The van der Waals surface area contributed by atoms with Crippen molar-refractivity contribution in [1.82, 2.24) is 15.3 Å². The van der Waals surface area contributed by atoms with Gasteiger partial charge in [-0.05, 0) is 31.9 Å². The number of aryl methyl sites for hydroxylation is 1. The highest BCUT2D eigenvalue weighted by molar-refractivity contribution is 6.39. The number of hydrogen-bond acceptors (Lipinski definition) is 4. The Kier molecular flexibility index (Phi) is 5.21. The molecule has 0 saturated heterocycles. The molecule has 24 heavy (non-hydrogen) atoms. The molecule has 0 spiro atoms. The summed E-state index contributed by atoms with van der Waals surface area (Å²) in [6.07, 6.45) is 4.36. The van der Waals surface area contributed by atoms with E-state index in [1.54, 1.807) is 31.2 Å². The monoisotopic (exact) mass is 364 g/mol. The van der Waals surface area contributed by atoms with Crippen molar-refractivity contribution in [3.63, 3.8) is 0 Å². The molecule has 0 aliphatic heterocycles. The number of nitrogens with one attached hydrogen (secondary N) is 2. The number of para-hydroxylation sites is 1. The fourth-order valence-electron chi connectivity index (χ4n) is 2.82. The summed E-state index contributed by atoms with van der Waals surface area (Å²) in [7, 11) is 0. The normalized spacial score (nSPS) is 14.6. The van der Waals surface area contributed by atoms with E-state index in [1.807, 2.05) is 0 Å². The molecule has 0 radical (unpaired) electrons. The number of nitrogens with zero attached hydrogens (tertiary/aromatic N) is 2. The van der Waals surface area contributed by atoms with Crippen molar-refractivity contribution in [3.05, 3.63) is 45.8 Å². The van der Waals surface area contributed by atoms with Gasteiger partial charge in [-0.1, -0.05) is 42.1 Å². The zero-order valence-corrected chi connectivity index (χ0v) is 14.8. The van der Waals surface area contributed by atoms with Crippen LogP contribution in [0.15, 0.2) is 24.3 Å². The number of amides is 1. The van der Waals surface area contributed by atoms with Crippen LogP contribution >= 0.6 is 23.2 Å². The second-order valence-electron chi connectivity index (χ2n) is 5.86. The second kappa shape index (κ2) is 7.36. The first-order valence-electron chi connectivity index (χ1n) is 7.90. The van der Waals surface area contributed by atoms with E-state index in [4.69, 9.17) is 23.2 Å². The number of benzene rings is 1. The van der Waals surface area contributed by atoms with Gasteiger partial charge in [-0.2, -0.15) is 0 Å². The highest BCUT2D eigenvalue weighted by Crippen LogP contribution is 2.32. The third-order valence-electron chi connectivity index (χ3n) is 3.98. The molecule has 2 aromatic rings. The summed E-state index contributed by atoms with van der Waals surface area (Å²) in [4.78, 5) is 20.9. The lowest BCUT2D eigenvalue weighted by molar-refractivity contribution is 0.0932. The van der Waals surface area contributed by atoms with Crippen molar-refractivity contribution in [2.45, 2.75) is 38.6 Å².